The number of morpholine rings is 1. The molecule has 120 valence electrons. The van der Waals surface area contributed by atoms with Gasteiger partial charge >= 0.3 is 0 Å². The molecule has 0 radical (unpaired) electrons. The number of aromatic nitrogens is 3. The van der Waals surface area contributed by atoms with Crippen LogP contribution in [0.2, 0.25) is 0 Å². The number of nitrogens with one attached hydrogen (secondary N) is 2. The van der Waals surface area contributed by atoms with Crippen molar-refractivity contribution in [3.63, 3.8) is 0 Å². The highest BCUT2D eigenvalue weighted by Crippen LogP contribution is 2.23. The summed E-state index contributed by atoms with van der Waals surface area (Å²) in [5, 5.41) is 10.2. The lowest BCUT2D eigenvalue weighted by Gasteiger charge is -2.30. The first-order valence-electron chi connectivity index (χ1n) is 7.75. The van der Waals surface area contributed by atoms with Crippen LogP contribution < -0.4 is 4.90 Å². The van der Waals surface area contributed by atoms with E-state index in [0.29, 0.717) is 6.10 Å². The van der Waals surface area contributed by atoms with Gasteiger partial charge in [0.15, 0.2) is 5.82 Å². The fourth-order valence-corrected chi connectivity index (χ4v) is 4.20. The van der Waals surface area contributed by atoms with Gasteiger partial charge in [0.25, 0.3) is 0 Å². The monoisotopic (exact) mass is 339 g/mol. The number of aromatic amines is 1. The van der Waals surface area contributed by atoms with Crippen molar-refractivity contribution in [3.05, 3.63) is 17.5 Å². The normalized spacial score (nSPS) is 22.3. The first-order chi connectivity index (χ1) is 10.7. The van der Waals surface area contributed by atoms with Gasteiger partial charge < -0.3 is 9.64 Å². The molecule has 1 aliphatic rings. The topological polar surface area (TPSA) is 55.2 Å². The van der Waals surface area contributed by atoms with Crippen molar-refractivity contribution in [3.8, 4) is 10.7 Å². The second-order valence-corrected chi connectivity index (χ2v) is 7.98. The molecule has 1 aliphatic heterocycles. The second-order valence-electron chi connectivity index (χ2n) is 6.05. The Kier molecular flexibility index (Phi) is 5.51. The van der Waals surface area contributed by atoms with Crippen LogP contribution in [0.5, 0.6) is 0 Å². The van der Waals surface area contributed by atoms with E-state index in [4.69, 9.17) is 4.74 Å². The van der Waals surface area contributed by atoms with Gasteiger partial charge in [0.1, 0.15) is 19.2 Å². The minimum atomic E-state index is 0.302. The number of thioether (sulfide) groups is 1. The van der Waals surface area contributed by atoms with Gasteiger partial charge in [0.05, 0.1) is 18.0 Å². The van der Waals surface area contributed by atoms with Crippen LogP contribution in [0.3, 0.4) is 0 Å². The zero-order valence-electron chi connectivity index (χ0n) is 13.0. The number of nitrogens with zero attached hydrogens (tertiary/aromatic N) is 2. The molecule has 3 heterocycles. The van der Waals surface area contributed by atoms with Gasteiger partial charge in [0, 0.05) is 11.7 Å². The molecular formula is C15H23N4OS2+. The van der Waals surface area contributed by atoms with Crippen LogP contribution in [0, 0.1) is 5.92 Å². The summed E-state index contributed by atoms with van der Waals surface area (Å²) >= 11 is 3.35. The molecule has 1 fully saturated rings. The molecular weight excluding hydrogens is 316 g/mol. The van der Waals surface area contributed by atoms with E-state index in [1.807, 2.05) is 11.4 Å². The largest absolute Gasteiger partial charge is 0.366 e. The summed E-state index contributed by atoms with van der Waals surface area (Å²) in [5.41, 5.74) is 0. The Morgan fingerprint density at radius 2 is 2.45 bits per heavy atom. The van der Waals surface area contributed by atoms with E-state index in [1.54, 1.807) is 28.0 Å². The molecule has 2 aromatic heterocycles. The minimum Gasteiger partial charge on any atom is -0.366 e. The molecule has 0 amide bonds. The first-order valence-corrected chi connectivity index (χ1v) is 9.61. The molecule has 3 rings (SSSR count). The van der Waals surface area contributed by atoms with Crippen LogP contribution >= 0.6 is 23.1 Å². The maximum Gasteiger partial charge on any atom is 0.208 e. The Bertz CT molecular complexity index is 570. The summed E-state index contributed by atoms with van der Waals surface area (Å²) in [7, 11) is 0. The second kappa shape index (κ2) is 7.59. The van der Waals surface area contributed by atoms with Gasteiger partial charge in [0.2, 0.25) is 5.16 Å². The quantitative estimate of drug-likeness (QED) is 0.785. The molecule has 0 saturated carbocycles. The third kappa shape index (κ3) is 4.32. The summed E-state index contributed by atoms with van der Waals surface area (Å²) in [5.74, 6) is 2.51. The minimum absolute atomic E-state index is 0.302. The Morgan fingerprint density at radius 3 is 3.23 bits per heavy atom. The summed E-state index contributed by atoms with van der Waals surface area (Å²) in [6.45, 7) is 8.88. The zero-order valence-corrected chi connectivity index (χ0v) is 14.7. The van der Waals surface area contributed by atoms with E-state index in [2.05, 4.69) is 35.1 Å². The Morgan fingerprint density at radius 1 is 1.55 bits per heavy atom. The van der Waals surface area contributed by atoms with Gasteiger partial charge in [-0.1, -0.05) is 31.7 Å². The lowest BCUT2D eigenvalue weighted by Crippen LogP contribution is -3.15. The van der Waals surface area contributed by atoms with Crippen molar-refractivity contribution in [1.29, 1.82) is 0 Å². The van der Waals surface area contributed by atoms with Crippen LogP contribution in [0.15, 0.2) is 22.7 Å². The van der Waals surface area contributed by atoms with Crippen molar-refractivity contribution in [1.82, 2.24) is 15.2 Å². The average Bonchev–Trinajstić information content (AvgIpc) is 3.16. The van der Waals surface area contributed by atoms with Crippen molar-refractivity contribution in [2.24, 2.45) is 5.92 Å². The van der Waals surface area contributed by atoms with Crippen molar-refractivity contribution in [2.75, 3.05) is 32.0 Å². The molecule has 0 bridgehead atoms. The smallest absolute Gasteiger partial charge is 0.208 e. The number of quaternary nitrogens is 1. The van der Waals surface area contributed by atoms with Crippen LogP contribution in [-0.4, -0.2) is 53.3 Å². The van der Waals surface area contributed by atoms with Gasteiger partial charge in [-0.3, -0.25) is 5.10 Å². The molecule has 1 saturated heterocycles. The van der Waals surface area contributed by atoms with Crippen molar-refractivity contribution < 1.29 is 9.64 Å². The van der Waals surface area contributed by atoms with Crippen molar-refractivity contribution in [2.45, 2.75) is 25.1 Å². The highest BCUT2D eigenvalue weighted by molar-refractivity contribution is 7.99. The third-order valence-electron chi connectivity index (χ3n) is 3.64. The van der Waals surface area contributed by atoms with Crippen molar-refractivity contribution >= 4 is 23.1 Å². The van der Waals surface area contributed by atoms with Crippen LogP contribution in [0.25, 0.3) is 10.7 Å². The Labute approximate surface area is 139 Å². The molecule has 0 aliphatic carbocycles. The SMILES string of the molecule is CC(C)C[NH+]1CCO[C@H](CSc2n[nH]c(-c3cccs3)n2)C1. The molecule has 7 heteroatoms. The fraction of sp³-hybridized carbons (Fsp3) is 0.600. The predicted octanol–water partition coefficient (Wildman–Crippen LogP) is 1.57. The molecule has 22 heavy (non-hydrogen) atoms. The van der Waals surface area contributed by atoms with E-state index in [0.717, 1.165) is 47.2 Å². The fourth-order valence-electron chi connectivity index (χ4n) is 2.72. The van der Waals surface area contributed by atoms with Gasteiger partial charge in [-0.25, -0.2) is 4.98 Å². The number of ether oxygens (including phenoxy) is 1. The summed E-state index contributed by atoms with van der Waals surface area (Å²) < 4.78 is 5.89. The standard InChI is InChI=1S/C15H22N4OS2/c1-11(2)8-19-5-6-20-12(9-19)10-22-15-16-14(17-18-15)13-4-3-7-21-13/h3-4,7,11-12H,5-6,8-10H2,1-2H3,(H,16,17,18)/p+1/t12-/m0/s1. The maximum atomic E-state index is 5.89. The molecule has 0 aromatic carbocycles. The van der Waals surface area contributed by atoms with Crippen LogP contribution in [0.4, 0.5) is 0 Å². The molecule has 1 unspecified atom stereocenters. The predicted molar refractivity (Wildman–Crippen MR) is 90.6 cm³/mol. The van der Waals surface area contributed by atoms with E-state index in [9.17, 15) is 0 Å². The molecule has 0 spiro atoms. The third-order valence-corrected chi connectivity index (χ3v) is 5.50. The number of rotatable bonds is 6. The van der Waals surface area contributed by atoms with Gasteiger partial charge in [-0.15, -0.1) is 16.4 Å². The lowest BCUT2D eigenvalue weighted by molar-refractivity contribution is -0.914. The number of thiophene rings is 1. The van der Waals surface area contributed by atoms with Crippen LogP contribution in [0.1, 0.15) is 13.8 Å². The highest BCUT2D eigenvalue weighted by atomic mass is 32.2. The van der Waals surface area contributed by atoms with E-state index < -0.39 is 0 Å². The van der Waals surface area contributed by atoms with E-state index in [-0.39, 0.29) is 0 Å². The van der Waals surface area contributed by atoms with E-state index >= 15 is 0 Å². The molecule has 5 nitrogen and oxygen atoms in total. The first kappa shape index (κ1) is 16.0. The summed E-state index contributed by atoms with van der Waals surface area (Å²) in [4.78, 5) is 7.33. The van der Waals surface area contributed by atoms with Gasteiger partial charge in [-0.05, 0) is 11.4 Å². The zero-order chi connectivity index (χ0) is 15.4. The molecule has 2 atom stereocenters. The van der Waals surface area contributed by atoms with E-state index in [1.165, 1.54) is 6.54 Å². The number of hydrogen-bond donors (Lipinski definition) is 2. The maximum absolute atomic E-state index is 5.89. The van der Waals surface area contributed by atoms with Gasteiger partial charge in [-0.2, -0.15) is 0 Å². The summed E-state index contributed by atoms with van der Waals surface area (Å²) in [6.07, 6.45) is 0.302. The van der Waals surface area contributed by atoms with Crippen LogP contribution in [-0.2, 0) is 4.74 Å². The Balaban J connectivity index is 1.50. The molecule has 2 N–H and O–H groups in total. The number of H-pyrrole nitrogens is 1. The Hall–Kier alpha value is -0.890. The number of hydrogen-bond acceptors (Lipinski definition) is 5. The lowest BCUT2D eigenvalue weighted by atomic mass is 10.2. The summed E-state index contributed by atoms with van der Waals surface area (Å²) in [6, 6.07) is 4.08. The highest BCUT2D eigenvalue weighted by Gasteiger charge is 2.24. The molecule has 2 aromatic rings. The average molecular weight is 340 g/mol.